The first-order valence-electron chi connectivity index (χ1n) is 18.5. The van der Waals surface area contributed by atoms with Crippen molar-refractivity contribution in [1.29, 1.82) is 0 Å². The fraction of sp³-hybridized carbons (Fsp3) is 0.174. The van der Waals surface area contributed by atoms with Crippen LogP contribution in [0.1, 0.15) is 41.2 Å². The normalized spacial score (nSPS) is 14.3. The van der Waals surface area contributed by atoms with E-state index < -0.39 is 29.6 Å². The quantitative estimate of drug-likeness (QED) is 0.0692. The molecule has 2 amide bonds. The molecule has 6 aromatic rings. The molecule has 0 bridgehead atoms. The molecule has 0 saturated carbocycles. The summed E-state index contributed by atoms with van der Waals surface area (Å²) in [7, 11) is 1.55. The van der Waals surface area contributed by atoms with Crippen LogP contribution in [0.3, 0.4) is 0 Å². The maximum absolute atomic E-state index is 13.7. The molecule has 1 fully saturated rings. The fourth-order valence-corrected chi connectivity index (χ4v) is 7.13. The van der Waals surface area contributed by atoms with Crippen molar-refractivity contribution < 1.29 is 28.6 Å². The lowest BCUT2D eigenvalue weighted by molar-refractivity contribution is -0.143. The first-order chi connectivity index (χ1) is 27.4. The van der Waals surface area contributed by atoms with Gasteiger partial charge in [0.05, 0.1) is 13.7 Å². The predicted molar refractivity (Wildman–Crippen MR) is 216 cm³/mol. The molecule has 2 heterocycles. The number of rotatable bonds is 13. The predicted octanol–water partition coefficient (Wildman–Crippen LogP) is 8.08. The molecule has 282 valence electrons. The molecular weight excluding hydrogens is 705 g/mol. The number of fused-ring (bicyclic) bond motifs is 1. The van der Waals surface area contributed by atoms with Crippen LogP contribution in [-0.2, 0) is 31.2 Å². The SMILES string of the molecule is CCOC(=O)C(=Cc1cc2ccnc(NC(c3ccccc3)(c3ccccc3)c3ccccc3)c2cc1OC)N1CCC(NC(=O)OCc2ccccc2)C1=O. The van der Waals surface area contributed by atoms with Gasteiger partial charge < -0.3 is 29.7 Å². The number of hydrogen-bond donors (Lipinski definition) is 2. The summed E-state index contributed by atoms with van der Waals surface area (Å²) in [5, 5.41) is 8.12. The first-order valence-corrected chi connectivity index (χ1v) is 18.5. The Morgan fingerprint density at radius 2 is 1.41 bits per heavy atom. The van der Waals surface area contributed by atoms with Crippen LogP contribution in [0.2, 0.25) is 0 Å². The molecule has 7 rings (SSSR count). The minimum absolute atomic E-state index is 0.0279. The highest BCUT2D eigenvalue weighted by atomic mass is 16.5. The summed E-state index contributed by atoms with van der Waals surface area (Å²) in [5.74, 6) is -0.0616. The van der Waals surface area contributed by atoms with Gasteiger partial charge in [-0.05, 0) is 65.3 Å². The van der Waals surface area contributed by atoms with E-state index in [0.717, 1.165) is 33.0 Å². The Morgan fingerprint density at radius 1 is 0.821 bits per heavy atom. The average Bonchev–Trinajstić information content (AvgIpc) is 3.60. The number of carbonyl (C=O) groups excluding carboxylic acids is 3. The summed E-state index contributed by atoms with van der Waals surface area (Å²) < 4.78 is 16.7. The van der Waals surface area contributed by atoms with Gasteiger partial charge in [-0.3, -0.25) is 4.79 Å². The van der Waals surface area contributed by atoms with Gasteiger partial charge in [-0.1, -0.05) is 121 Å². The van der Waals surface area contributed by atoms with E-state index in [1.54, 1.807) is 26.3 Å². The van der Waals surface area contributed by atoms with Crippen LogP contribution in [0, 0.1) is 0 Å². The number of benzene rings is 5. The number of alkyl carbamates (subject to hydrolysis) is 1. The van der Waals surface area contributed by atoms with Crippen LogP contribution < -0.4 is 15.4 Å². The number of pyridine rings is 1. The zero-order valence-corrected chi connectivity index (χ0v) is 31.2. The number of nitrogens with one attached hydrogen (secondary N) is 2. The summed E-state index contributed by atoms with van der Waals surface area (Å²) in [4.78, 5) is 46.1. The van der Waals surface area contributed by atoms with Crippen LogP contribution >= 0.6 is 0 Å². The second kappa shape index (κ2) is 17.0. The summed E-state index contributed by atoms with van der Waals surface area (Å²) in [6, 6.07) is 44.8. The van der Waals surface area contributed by atoms with Crippen molar-refractivity contribution >= 4 is 40.6 Å². The third-order valence-electron chi connectivity index (χ3n) is 9.82. The summed E-state index contributed by atoms with van der Waals surface area (Å²) in [6.45, 7) is 2.05. The Hall–Kier alpha value is -6.94. The van der Waals surface area contributed by atoms with Crippen molar-refractivity contribution in [2.45, 2.75) is 31.5 Å². The molecule has 0 spiro atoms. The number of nitrogens with zero attached hydrogens (tertiary/aromatic N) is 2. The maximum Gasteiger partial charge on any atom is 0.408 e. The summed E-state index contributed by atoms with van der Waals surface area (Å²) >= 11 is 0. The average molecular weight is 747 g/mol. The van der Waals surface area contributed by atoms with Crippen molar-refractivity contribution in [2.75, 3.05) is 25.6 Å². The Labute approximate surface area is 325 Å². The largest absolute Gasteiger partial charge is 0.496 e. The number of amides is 2. The number of likely N-dealkylation sites (tertiary alicyclic amines) is 1. The van der Waals surface area contributed by atoms with Gasteiger partial charge in [-0.25, -0.2) is 14.6 Å². The number of anilines is 1. The van der Waals surface area contributed by atoms with Crippen molar-refractivity contribution in [3.63, 3.8) is 0 Å². The molecule has 1 unspecified atom stereocenters. The molecule has 10 nitrogen and oxygen atoms in total. The van der Waals surface area contributed by atoms with Gasteiger partial charge in [0.25, 0.3) is 0 Å². The fourth-order valence-electron chi connectivity index (χ4n) is 7.13. The van der Waals surface area contributed by atoms with Crippen molar-refractivity contribution in [2.24, 2.45) is 0 Å². The van der Waals surface area contributed by atoms with E-state index in [-0.39, 0.29) is 31.9 Å². The van der Waals surface area contributed by atoms with Crippen LogP contribution in [0.4, 0.5) is 10.6 Å². The molecule has 56 heavy (non-hydrogen) atoms. The first kappa shape index (κ1) is 37.4. The molecule has 1 aromatic heterocycles. The second-order valence-corrected chi connectivity index (χ2v) is 13.2. The number of aromatic nitrogens is 1. The number of hydrogen-bond acceptors (Lipinski definition) is 8. The molecular formula is C46H42N4O6. The number of ether oxygens (including phenoxy) is 3. The minimum Gasteiger partial charge on any atom is -0.496 e. The molecule has 1 aliphatic heterocycles. The lowest BCUT2D eigenvalue weighted by atomic mass is 9.77. The van der Waals surface area contributed by atoms with Crippen molar-refractivity contribution in [3.05, 3.63) is 179 Å². The molecule has 1 aliphatic rings. The van der Waals surface area contributed by atoms with Gasteiger partial charge >= 0.3 is 12.1 Å². The Bertz CT molecular complexity index is 2240. The molecule has 0 aliphatic carbocycles. The van der Waals surface area contributed by atoms with E-state index in [4.69, 9.17) is 19.2 Å². The van der Waals surface area contributed by atoms with E-state index in [9.17, 15) is 14.4 Å². The second-order valence-electron chi connectivity index (χ2n) is 13.2. The van der Waals surface area contributed by atoms with Gasteiger partial charge in [0.1, 0.15) is 35.5 Å². The molecule has 0 radical (unpaired) electrons. The van der Waals surface area contributed by atoms with Crippen LogP contribution in [0.15, 0.2) is 151 Å². The Balaban J connectivity index is 1.24. The number of methoxy groups -OCH3 is 1. The molecule has 1 saturated heterocycles. The maximum atomic E-state index is 13.7. The van der Waals surface area contributed by atoms with E-state index in [0.29, 0.717) is 17.1 Å². The van der Waals surface area contributed by atoms with E-state index >= 15 is 0 Å². The Morgan fingerprint density at radius 3 is 1.98 bits per heavy atom. The summed E-state index contributed by atoms with van der Waals surface area (Å²) in [5.41, 5.74) is 3.63. The molecule has 1 atom stereocenters. The third-order valence-corrected chi connectivity index (χ3v) is 9.82. The summed E-state index contributed by atoms with van der Waals surface area (Å²) in [6.07, 6.45) is 2.89. The van der Waals surface area contributed by atoms with E-state index in [1.165, 1.54) is 4.90 Å². The van der Waals surface area contributed by atoms with Gasteiger partial charge in [0, 0.05) is 23.7 Å². The molecule has 2 N–H and O–H groups in total. The van der Waals surface area contributed by atoms with E-state index in [1.807, 2.05) is 103 Å². The smallest absolute Gasteiger partial charge is 0.408 e. The number of carbonyl (C=O) groups is 3. The Kier molecular flexibility index (Phi) is 11.4. The van der Waals surface area contributed by atoms with Crippen molar-refractivity contribution in [3.8, 4) is 5.75 Å². The van der Waals surface area contributed by atoms with Crippen molar-refractivity contribution in [1.82, 2.24) is 15.2 Å². The zero-order valence-electron chi connectivity index (χ0n) is 31.2. The molecule has 10 heteroatoms. The van der Waals surface area contributed by atoms with Crippen LogP contribution in [0.5, 0.6) is 5.75 Å². The lowest BCUT2D eigenvalue weighted by Gasteiger charge is -2.37. The van der Waals surface area contributed by atoms with Gasteiger partial charge in [-0.15, -0.1) is 0 Å². The lowest BCUT2D eigenvalue weighted by Crippen LogP contribution is -2.42. The van der Waals surface area contributed by atoms with Gasteiger partial charge in [0.2, 0.25) is 5.91 Å². The topological polar surface area (TPSA) is 119 Å². The standard InChI is InChI=1S/C46H42N4O6/c1-3-55-44(52)40(50-27-25-39(43(50)51)48-45(53)56-31-32-16-8-4-9-17-32)29-34-28-33-24-26-47-42(38(33)30-41(34)54-2)49-46(35-18-10-5-11-19-35,36-20-12-6-13-21-36)37-22-14-7-15-23-37/h4-24,26,28-30,39H,3,25,27,31H2,1-2H3,(H,47,49)(H,48,53). The number of esters is 1. The highest BCUT2D eigenvalue weighted by Crippen LogP contribution is 2.42. The van der Waals surface area contributed by atoms with Crippen LogP contribution in [-0.4, -0.2) is 54.2 Å². The van der Waals surface area contributed by atoms with Gasteiger partial charge in [-0.2, -0.15) is 0 Å². The van der Waals surface area contributed by atoms with E-state index in [2.05, 4.69) is 47.0 Å². The highest BCUT2D eigenvalue weighted by Gasteiger charge is 2.39. The molecule has 5 aromatic carbocycles. The zero-order chi connectivity index (χ0) is 38.9. The monoisotopic (exact) mass is 746 g/mol. The highest BCUT2D eigenvalue weighted by molar-refractivity contribution is 6.02. The minimum atomic E-state index is -0.881. The van der Waals surface area contributed by atoms with Crippen LogP contribution in [0.25, 0.3) is 16.8 Å². The van der Waals surface area contributed by atoms with Gasteiger partial charge in [0.15, 0.2) is 0 Å². The third kappa shape index (κ3) is 7.81.